The number of likely N-dealkylation sites (N-methyl/N-ethyl adjacent to an activating group) is 1. The molecule has 2 amide bonds. The number of ether oxygens (including phenoxy) is 2. The molecule has 0 spiro atoms. The van der Waals surface area contributed by atoms with Crippen molar-refractivity contribution in [2.45, 2.75) is 57.0 Å². The number of phenols is 1. The molecule has 54 heavy (non-hydrogen) atoms. The van der Waals surface area contributed by atoms with E-state index in [9.17, 15) is 24.6 Å². The summed E-state index contributed by atoms with van der Waals surface area (Å²) in [6.07, 6.45) is 0.264. The van der Waals surface area contributed by atoms with Crippen LogP contribution >= 0.6 is 0 Å². The predicted octanol–water partition coefficient (Wildman–Crippen LogP) is 6.85. The summed E-state index contributed by atoms with van der Waals surface area (Å²) in [5.74, 6) is -0.329. The molecule has 4 atom stereocenters. The standard InChI is InChI=1S/C44H43N3O7/c1-4-37(30-8-6-5-7-9-30)47-26-33-25-40-38(46(2)43(50)41(54-40)31-14-18-34(48)19-15-31)23-32(33)24-39(47)42(49)45-36(44(51)52)22-27-10-12-28(13-11-27)29-16-20-35(53-3)21-17-29/h5-21,23,25,36-37,39,41,48H,4,22,24,26H2,1-3H3,(H,45,49)(H,51,52)/t36-,37-,39-,41-/m0/s1. The Morgan fingerprint density at radius 3 is 2.20 bits per heavy atom. The van der Waals surface area contributed by atoms with Gasteiger partial charge in [-0.25, -0.2) is 4.79 Å². The van der Waals surface area contributed by atoms with Crippen LogP contribution in [0.3, 0.4) is 0 Å². The fourth-order valence-electron chi connectivity index (χ4n) is 7.54. The number of aromatic hydroxyl groups is 1. The maximum Gasteiger partial charge on any atom is 0.326 e. The Labute approximate surface area is 314 Å². The summed E-state index contributed by atoms with van der Waals surface area (Å²) in [4.78, 5) is 44.2. The van der Waals surface area contributed by atoms with Crippen LogP contribution < -0.4 is 19.7 Å². The van der Waals surface area contributed by atoms with E-state index in [-0.39, 0.29) is 30.0 Å². The zero-order valence-electron chi connectivity index (χ0n) is 30.4. The second-order valence-corrected chi connectivity index (χ2v) is 13.8. The molecule has 2 heterocycles. The van der Waals surface area contributed by atoms with Crippen molar-refractivity contribution in [1.29, 1.82) is 0 Å². The lowest BCUT2D eigenvalue weighted by Gasteiger charge is -2.42. The van der Waals surface area contributed by atoms with Crippen molar-refractivity contribution < 1.29 is 34.1 Å². The van der Waals surface area contributed by atoms with Gasteiger partial charge in [-0.15, -0.1) is 0 Å². The zero-order chi connectivity index (χ0) is 37.9. The van der Waals surface area contributed by atoms with Crippen LogP contribution in [-0.4, -0.2) is 59.1 Å². The number of carbonyl (C=O) groups excluding carboxylic acids is 2. The lowest BCUT2D eigenvalue weighted by molar-refractivity contribution is -0.143. The van der Waals surface area contributed by atoms with E-state index in [1.165, 1.54) is 12.1 Å². The molecule has 2 aliphatic heterocycles. The maximum atomic E-state index is 14.4. The molecule has 0 fully saturated rings. The summed E-state index contributed by atoms with van der Waals surface area (Å²) in [5.41, 5.74) is 6.90. The Kier molecular flexibility index (Phi) is 10.4. The molecular formula is C44H43N3O7. The van der Waals surface area contributed by atoms with Gasteiger partial charge in [-0.05, 0) is 82.6 Å². The van der Waals surface area contributed by atoms with Crippen LogP contribution in [0.2, 0.25) is 0 Å². The summed E-state index contributed by atoms with van der Waals surface area (Å²) in [7, 11) is 3.32. The number of fused-ring (bicyclic) bond motifs is 2. The molecule has 10 heteroatoms. The summed E-state index contributed by atoms with van der Waals surface area (Å²) in [6.45, 7) is 2.49. The van der Waals surface area contributed by atoms with Crippen LogP contribution in [0.25, 0.3) is 11.1 Å². The number of carboxylic acid groups (broad SMARTS) is 1. The molecule has 2 aliphatic rings. The van der Waals surface area contributed by atoms with Crippen LogP contribution in [0.1, 0.15) is 53.3 Å². The van der Waals surface area contributed by atoms with E-state index >= 15 is 0 Å². The quantitative estimate of drug-likeness (QED) is 0.135. The maximum absolute atomic E-state index is 14.4. The highest BCUT2D eigenvalue weighted by atomic mass is 16.5. The number of hydrogen-bond donors (Lipinski definition) is 3. The monoisotopic (exact) mass is 725 g/mol. The van der Waals surface area contributed by atoms with Crippen molar-refractivity contribution in [3.05, 3.63) is 143 Å². The number of carboxylic acids is 1. The van der Waals surface area contributed by atoms with Crippen LogP contribution in [0.5, 0.6) is 17.2 Å². The van der Waals surface area contributed by atoms with Crippen LogP contribution in [0, 0.1) is 0 Å². The van der Waals surface area contributed by atoms with Gasteiger partial charge in [0.2, 0.25) is 12.0 Å². The van der Waals surface area contributed by atoms with Crippen molar-refractivity contribution in [3.8, 4) is 28.4 Å². The summed E-state index contributed by atoms with van der Waals surface area (Å²) < 4.78 is 11.6. The molecular weight excluding hydrogens is 682 g/mol. The molecule has 3 N–H and O–H groups in total. The smallest absolute Gasteiger partial charge is 0.326 e. The largest absolute Gasteiger partial charge is 0.508 e. The number of nitrogens with zero attached hydrogens (tertiary/aromatic N) is 2. The Balaban J connectivity index is 1.16. The lowest BCUT2D eigenvalue weighted by Crippen LogP contribution is -2.55. The Morgan fingerprint density at radius 1 is 0.907 bits per heavy atom. The van der Waals surface area contributed by atoms with Gasteiger partial charge in [0.15, 0.2) is 0 Å². The molecule has 7 rings (SSSR count). The number of hydrogen-bond acceptors (Lipinski definition) is 7. The van der Waals surface area contributed by atoms with Gasteiger partial charge in [0, 0.05) is 31.6 Å². The van der Waals surface area contributed by atoms with E-state index in [2.05, 4.69) is 17.1 Å². The molecule has 0 aromatic heterocycles. The van der Waals surface area contributed by atoms with E-state index in [0.717, 1.165) is 39.1 Å². The summed E-state index contributed by atoms with van der Waals surface area (Å²) in [5, 5.41) is 23.0. The number of phenolic OH excluding ortho intramolecular Hbond substituents is 1. The Morgan fingerprint density at radius 2 is 1.57 bits per heavy atom. The Hall–Kier alpha value is -6.13. The molecule has 0 saturated heterocycles. The topological polar surface area (TPSA) is 129 Å². The second kappa shape index (κ2) is 15.5. The van der Waals surface area contributed by atoms with Gasteiger partial charge < -0.3 is 29.9 Å². The van der Waals surface area contributed by atoms with Crippen LogP contribution in [0.4, 0.5) is 5.69 Å². The minimum absolute atomic E-state index is 0.0986. The van der Waals surface area contributed by atoms with Gasteiger partial charge in [-0.2, -0.15) is 0 Å². The first-order valence-electron chi connectivity index (χ1n) is 18.1. The van der Waals surface area contributed by atoms with Crippen LogP contribution in [-0.2, 0) is 33.8 Å². The molecule has 0 radical (unpaired) electrons. The number of anilines is 1. The first kappa shape index (κ1) is 36.2. The summed E-state index contributed by atoms with van der Waals surface area (Å²) >= 11 is 0. The third-order valence-electron chi connectivity index (χ3n) is 10.5. The second-order valence-electron chi connectivity index (χ2n) is 13.8. The third kappa shape index (κ3) is 7.38. The van der Waals surface area contributed by atoms with Gasteiger partial charge in [0.25, 0.3) is 5.91 Å². The molecule has 5 aromatic carbocycles. The number of methoxy groups -OCH3 is 1. The SMILES string of the molecule is CC[C@@H](c1ccccc1)N1Cc2cc3c(cc2C[C@H]1C(=O)N[C@@H](Cc1ccc(-c2ccc(OC)cc2)cc1)C(=O)O)N(C)C(=O)[C@H](c1ccc(O)cc1)O3. The van der Waals surface area contributed by atoms with Gasteiger partial charge >= 0.3 is 5.97 Å². The molecule has 10 nitrogen and oxygen atoms in total. The molecule has 0 saturated carbocycles. The van der Waals surface area contributed by atoms with Crippen molar-refractivity contribution in [2.75, 3.05) is 19.1 Å². The van der Waals surface area contributed by atoms with Gasteiger partial charge in [-0.3, -0.25) is 14.5 Å². The minimum Gasteiger partial charge on any atom is -0.508 e. The number of benzene rings is 5. The van der Waals surface area contributed by atoms with E-state index in [1.54, 1.807) is 31.2 Å². The zero-order valence-corrected chi connectivity index (χ0v) is 30.4. The van der Waals surface area contributed by atoms with Crippen molar-refractivity contribution in [2.24, 2.45) is 0 Å². The molecule has 5 aromatic rings. The third-order valence-corrected chi connectivity index (χ3v) is 10.5. The van der Waals surface area contributed by atoms with Crippen molar-refractivity contribution in [3.63, 3.8) is 0 Å². The van der Waals surface area contributed by atoms with E-state index in [0.29, 0.717) is 36.4 Å². The average Bonchev–Trinajstić information content (AvgIpc) is 3.19. The molecule has 276 valence electrons. The number of nitrogens with one attached hydrogen (secondary N) is 1. The molecule has 0 bridgehead atoms. The lowest BCUT2D eigenvalue weighted by atomic mass is 9.88. The highest BCUT2D eigenvalue weighted by Crippen LogP contribution is 2.43. The average molecular weight is 726 g/mol. The predicted molar refractivity (Wildman–Crippen MR) is 206 cm³/mol. The molecule has 0 aliphatic carbocycles. The van der Waals surface area contributed by atoms with E-state index in [1.807, 2.05) is 91.0 Å². The van der Waals surface area contributed by atoms with Gasteiger partial charge in [-0.1, -0.05) is 85.8 Å². The number of aliphatic carboxylic acids is 1. The fourth-order valence-corrected chi connectivity index (χ4v) is 7.54. The fraction of sp³-hybridized carbons (Fsp3) is 0.250. The first-order valence-corrected chi connectivity index (χ1v) is 18.1. The van der Waals surface area contributed by atoms with Crippen molar-refractivity contribution in [1.82, 2.24) is 10.2 Å². The Bertz CT molecular complexity index is 2140. The van der Waals surface area contributed by atoms with Crippen LogP contribution in [0.15, 0.2) is 115 Å². The highest BCUT2D eigenvalue weighted by Gasteiger charge is 2.40. The normalized spacial score (nSPS) is 17.8. The number of rotatable bonds is 11. The molecule has 0 unspecified atom stereocenters. The highest BCUT2D eigenvalue weighted by molar-refractivity contribution is 6.00. The first-order chi connectivity index (χ1) is 26.1. The van der Waals surface area contributed by atoms with Crippen molar-refractivity contribution >= 4 is 23.5 Å². The number of carbonyl (C=O) groups is 3. The van der Waals surface area contributed by atoms with Gasteiger partial charge in [0.1, 0.15) is 23.3 Å². The van der Waals surface area contributed by atoms with E-state index < -0.39 is 24.2 Å². The minimum atomic E-state index is -1.15. The number of amides is 2. The van der Waals surface area contributed by atoms with Gasteiger partial charge in [0.05, 0.1) is 18.8 Å². The summed E-state index contributed by atoms with van der Waals surface area (Å²) in [6, 6.07) is 33.7. The van der Waals surface area contributed by atoms with E-state index in [4.69, 9.17) is 9.47 Å².